The van der Waals surface area contributed by atoms with Gasteiger partial charge in [0, 0.05) is 30.5 Å². The van der Waals surface area contributed by atoms with Gasteiger partial charge in [-0.3, -0.25) is 9.59 Å². The molecule has 0 bridgehead atoms. The van der Waals surface area contributed by atoms with Crippen molar-refractivity contribution in [1.82, 2.24) is 0 Å². The summed E-state index contributed by atoms with van der Waals surface area (Å²) < 4.78 is 76.6. The first-order chi connectivity index (χ1) is 29.6. The fourth-order valence-corrected chi connectivity index (χ4v) is 6.60. The minimum Gasteiger partial charge on any atom is -0.493 e. The van der Waals surface area contributed by atoms with Crippen molar-refractivity contribution in [1.29, 1.82) is 0 Å². The van der Waals surface area contributed by atoms with Gasteiger partial charge < -0.3 is 30.7 Å². The van der Waals surface area contributed by atoms with E-state index in [0.717, 1.165) is 23.3 Å². The largest absolute Gasteiger partial charge is 0.493 e. The third-order valence-corrected chi connectivity index (χ3v) is 10.2. The minimum absolute atomic E-state index is 0.114. The van der Waals surface area contributed by atoms with Gasteiger partial charge >= 0.3 is 6.18 Å². The molecule has 0 fully saturated rings. The molecule has 0 radical (unpaired) electrons. The molecular formula is C49H49F5N4O4. The average Bonchev–Trinajstić information content (AvgIpc) is 3.27. The van der Waals surface area contributed by atoms with Gasteiger partial charge in [-0.05, 0) is 109 Å². The fourth-order valence-electron chi connectivity index (χ4n) is 6.60. The standard InChI is InChI=1S/C25H24F4N2O3.C24H25FN2O/c1-33-21-11-10-20(15-22(21)34-2)31(24(32)23(30)17-4-3-5-19(26)14-17)13-12-16-6-8-18(9-7-16)25(27,28)29;1-17-8-10-19(11-9-17)14-15-27(21-12-13-22(25)18(2)16-21)24(28)23(26)20-6-4-3-5-7-20/h3-11,14-15,23H,12-13,30H2,1-2H3;3-13,16,23H,14-15,26H2,1-2H3. The molecule has 6 aromatic carbocycles. The number of benzene rings is 6. The molecular weight excluding hydrogens is 804 g/mol. The number of anilines is 2. The Morgan fingerprint density at radius 1 is 0.597 bits per heavy atom. The van der Waals surface area contributed by atoms with Crippen LogP contribution in [0, 0.1) is 25.5 Å². The van der Waals surface area contributed by atoms with Crippen molar-refractivity contribution in [3.8, 4) is 11.5 Å². The van der Waals surface area contributed by atoms with Gasteiger partial charge in [-0.25, -0.2) is 8.78 Å². The van der Waals surface area contributed by atoms with Crippen LogP contribution in [0.3, 0.4) is 0 Å². The van der Waals surface area contributed by atoms with Gasteiger partial charge in [-0.1, -0.05) is 84.4 Å². The normalized spacial score (nSPS) is 12.0. The van der Waals surface area contributed by atoms with Crippen molar-refractivity contribution in [2.24, 2.45) is 11.5 Å². The summed E-state index contributed by atoms with van der Waals surface area (Å²) in [7, 11) is 2.93. The van der Waals surface area contributed by atoms with Crippen molar-refractivity contribution >= 4 is 23.2 Å². The van der Waals surface area contributed by atoms with Gasteiger partial charge in [0.1, 0.15) is 23.7 Å². The Morgan fingerprint density at radius 3 is 1.65 bits per heavy atom. The maximum Gasteiger partial charge on any atom is 0.416 e. The number of amides is 2. The van der Waals surface area contributed by atoms with Crippen LogP contribution in [-0.4, -0.2) is 39.1 Å². The highest BCUT2D eigenvalue weighted by Crippen LogP contribution is 2.33. The number of ether oxygens (including phenoxy) is 2. The van der Waals surface area contributed by atoms with E-state index in [1.54, 1.807) is 48.2 Å². The first-order valence-corrected chi connectivity index (χ1v) is 19.7. The molecule has 0 aliphatic carbocycles. The molecule has 2 atom stereocenters. The Morgan fingerprint density at radius 2 is 1.11 bits per heavy atom. The highest BCUT2D eigenvalue weighted by molar-refractivity contribution is 5.98. The van der Waals surface area contributed by atoms with Gasteiger partial charge in [-0.15, -0.1) is 0 Å². The first kappa shape index (κ1) is 46.5. The second-order valence-electron chi connectivity index (χ2n) is 14.6. The zero-order valence-electron chi connectivity index (χ0n) is 34.8. The summed E-state index contributed by atoms with van der Waals surface area (Å²) in [5.41, 5.74) is 17.3. The van der Waals surface area contributed by atoms with Crippen molar-refractivity contribution in [2.75, 3.05) is 37.1 Å². The molecule has 0 aromatic heterocycles. The van der Waals surface area contributed by atoms with E-state index in [1.165, 1.54) is 61.1 Å². The molecule has 0 aliphatic heterocycles. The molecule has 0 saturated carbocycles. The molecule has 0 spiro atoms. The molecule has 0 aliphatic rings. The maximum atomic E-state index is 13.7. The van der Waals surface area contributed by atoms with Crippen molar-refractivity contribution in [3.05, 3.63) is 190 Å². The van der Waals surface area contributed by atoms with Crippen LogP contribution in [-0.2, 0) is 28.6 Å². The molecule has 62 heavy (non-hydrogen) atoms. The van der Waals surface area contributed by atoms with E-state index in [1.807, 2.05) is 37.3 Å². The fraction of sp³-hybridized carbons (Fsp3) is 0.224. The number of alkyl halides is 3. The zero-order chi connectivity index (χ0) is 45.0. The quantitative estimate of drug-likeness (QED) is 0.106. The van der Waals surface area contributed by atoms with E-state index in [9.17, 15) is 31.5 Å². The summed E-state index contributed by atoms with van der Waals surface area (Å²) in [6.07, 6.45) is -3.49. The number of halogens is 5. The number of aryl methyl sites for hydroxylation is 2. The number of rotatable bonds is 14. The van der Waals surface area contributed by atoms with Crippen LogP contribution in [0.4, 0.5) is 33.3 Å². The summed E-state index contributed by atoms with van der Waals surface area (Å²) in [4.78, 5) is 29.7. The van der Waals surface area contributed by atoms with E-state index < -0.39 is 35.5 Å². The number of hydrogen-bond acceptors (Lipinski definition) is 6. The lowest BCUT2D eigenvalue weighted by Gasteiger charge is -2.27. The molecule has 8 nitrogen and oxygen atoms in total. The van der Waals surface area contributed by atoms with Crippen LogP contribution < -0.4 is 30.7 Å². The van der Waals surface area contributed by atoms with E-state index in [4.69, 9.17) is 20.9 Å². The second-order valence-corrected chi connectivity index (χ2v) is 14.6. The van der Waals surface area contributed by atoms with Crippen molar-refractivity contribution in [2.45, 2.75) is 44.9 Å². The number of nitrogens with zero attached hydrogens (tertiary/aromatic N) is 2. The number of carbonyl (C=O) groups excluding carboxylic acids is 2. The summed E-state index contributed by atoms with van der Waals surface area (Å²) in [5, 5.41) is 0. The van der Waals surface area contributed by atoms with E-state index in [2.05, 4.69) is 24.3 Å². The van der Waals surface area contributed by atoms with Crippen LogP contribution >= 0.6 is 0 Å². The van der Waals surface area contributed by atoms with E-state index >= 15 is 0 Å². The van der Waals surface area contributed by atoms with Gasteiger partial charge in [-0.2, -0.15) is 13.2 Å². The van der Waals surface area contributed by atoms with Crippen LogP contribution in [0.15, 0.2) is 140 Å². The van der Waals surface area contributed by atoms with Crippen molar-refractivity contribution in [3.63, 3.8) is 0 Å². The Balaban J connectivity index is 0.000000238. The summed E-state index contributed by atoms with van der Waals surface area (Å²) in [6.45, 7) is 4.31. The molecule has 0 saturated heterocycles. The van der Waals surface area contributed by atoms with E-state index in [-0.39, 0.29) is 24.7 Å². The number of hydrogen-bond donors (Lipinski definition) is 2. The summed E-state index contributed by atoms with van der Waals surface area (Å²) in [5.74, 6) is -0.693. The lowest BCUT2D eigenvalue weighted by molar-refractivity contribution is -0.137. The van der Waals surface area contributed by atoms with Crippen LogP contribution in [0.25, 0.3) is 0 Å². The monoisotopic (exact) mass is 852 g/mol. The van der Waals surface area contributed by atoms with Crippen molar-refractivity contribution < 1.29 is 41.0 Å². The predicted molar refractivity (Wildman–Crippen MR) is 232 cm³/mol. The van der Waals surface area contributed by atoms with Crippen LogP contribution in [0.1, 0.15) is 51.0 Å². The van der Waals surface area contributed by atoms with E-state index in [0.29, 0.717) is 52.5 Å². The Hall–Kier alpha value is -6.57. The van der Waals surface area contributed by atoms with Gasteiger partial charge in [0.2, 0.25) is 11.8 Å². The van der Waals surface area contributed by atoms with Gasteiger partial charge in [0.15, 0.2) is 11.5 Å². The van der Waals surface area contributed by atoms with Crippen LogP contribution in [0.5, 0.6) is 11.5 Å². The van der Waals surface area contributed by atoms with Gasteiger partial charge in [0.25, 0.3) is 0 Å². The summed E-state index contributed by atoms with van der Waals surface area (Å²) >= 11 is 0. The molecule has 4 N–H and O–H groups in total. The molecule has 13 heteroatoms. The lowest BCUT2D eigenvalue weighted by Crippen LogP contribution is -2.40. The zero-order valence-corrected chi connectivity index (χ0v) is 34.8. The number of carbonyl (C=O) groups is 2. The smallest absolute Gasteiger partial charge is 0.416 e. The third-order valence-electron chi connectivity index (χ3n) is 10.2. The molecule has 2 unspecified atom stereocenters. The van der Waals surface area contributed by atoms with Crippen LogP contribution in [0.2, 0.25) is 0 Å². The second kappa shape index (κ2) is 21.3. The molecule has 6 rings (SSSR count). The average molecular weight is 853 g/mol. The molecule has 0 heterocycles. The minimum atomic E-state index is -4.43. The predicted octanol–water partition coefficient (Wildman–Crippen LogP) is 9.86. The molecule has 324 valence electrons. The topological polar surface area (TPSA) is 111 Å². The first-order valence-electron chi connectivity index (χ1n) is 19.7. The number of methoxy groups -OCH3 is 2. The SMILES string of the molecule is COc1ccc(N(CCc2ccc(C(F)(F)F)cc2)C(=O)C(N)c2cccc(F)c2)cc1OC.Cc1ccc(CCN(C(=O)C(N)c2ccccc2)c2ccc(F)c(C)c2)cc1. The number of nitrogens with two attached hydrogens (primary N) is 2. The Labute approximate surface area is 358 Å². The highest BCUT2D eigenvalue weighted by Gasteiger charge is 2.30. The van der Waals surface area contributed by atoms with Gasteiger partial charge in [0.05, 0.1) is 19.8 Å². The highest BCUT2D eigenvalue weighted by atomic mass is 19.4. The molecule has 6 aromatic rings. The Kier molecular flexibility index (Phi) is 16.0. The lowest BCUT2D eigenvalue weighted by atomic mass is 10.0. The summed E-state index contributed by atoms with van der Waals surface area (Å²) in [6, 6.07) is 35.4. The molecule has 2 amide bonds. The third kappa shape index (κ3) is 12.3. The Bertz CT molecular complexity index is 2410. The maximum absolute atomic E-state index is 13.7.